The normalized spacial score (nSPS) is 9.50. The molecule has 3 N–H and O–H groups in total. The lowest BCUT2D eigenvalue weighted by Gasteiger charge is -2.04. The first kappa shape index (κ1) is 10.2. The molecule has 0 aliphatic carbocycles. The van der Waals surface area contributed by atoms with Crippen LogP contribution in [0.3, 0.4) is 0 Å². The smallest absolute Gasteiger partial charge is 0.336 e. The molecule has 5 heteroatoms. The monoisotopic (exact) mass is 194 g/mol. The van der Waals surface area contributed by atoms with Gasteiger partial charge in [-0.3, -0.25) is 0 Å². The van der Waals surface area contributed by atoms with E-state index in [1.807, 2.05) is 0 Å². The molecule has 0 atom stereocenters. The van der Waals surface area contributed by atoms with Gasteiger partial charge in [0.1, 0.15) is 11.9 Å². The number of benzene rings is 1. The van der Waals surface area contributed by atoms with Crippen LogP contribution in [-0.4, -0.2) is 11.1 Å². The van der Waals surface area contributed by atoms with Gasteiger partial charge in [0.15, 0.2) is 0 Å². The summed E-state index contributed by atoms with van der Waals surface area (Å²) in [7, 11) is 0. The second-order valence-corrected chi connectivity index (χ2v) is 2.61. The summed E-state index contributed by atoms with van der Waals surface area (Å²) < 4.78 is 13.0. The summed E-state index contributed by atoms with van der Waals surface area (Å²) in [5.74, 6) is -2.10. The van der Waals surface area contributed by atoms with E-state index in [1.165, 1.54) is 0 Å². The first-order valence-corrected chi connectivity index (χ1v) is 3.76. The molecule has 1 aromatic carbocycles. The van der Waals surface area contributed by atoms with Crippen LogP contribution in [0.1, 0.15) is 21.5 Å². The molecule has 0 saturated carbocycles. The van der Waals surface area contributed by atoms with Crippen LogP contribution in [-0.2, 0) is 6.54 Å². The minimum absolute atomic E-state index is 0.0450. The molecular weight excluding hydrogens is 187 g/mol. The van der Waals surface area contributed by atoms with Gasteiger partial charge in [0.25, 0.3) is 0 Å². The number of halogens is 1. The quantitative estimate of drug-likeness (QED) is 0.730. The van der Waals surface area contributed by atoms with Crippen LogP contribution in [0.25, 0.3) is 0 Å². The lowest BCUT2D eigenvalue weighted by atomic mass is 10.0. The summed E-state index contributed by atoms with van der Waals surface area (Å²) in [6, 6.07) is 3.57. The van der Waals surface area contributed by atoms with Crippen molar-refractivity contribution >= 4 is 5.97 Å². The van der Waals surface area contributed by atoms with Gasteiger partial charge in [-0.25, -0.2) is 9.18 Å². The van der Waals surface area contributed by atoms with Crippen molar-refractivity contribution in [2.24, 2.45) is 5.73 Å². The molecule has 0 spiro atoms. The molecule has 4 nitrogen and oxygen atoms in total. The van der Waals surface area contributed by atoms with Crippen molar-refractivity contribution in [3.63, 3.8) is 0 Å². The van der Waals surface area contributed by atoms with Crippen LogP contribution in [0.5, 0.6) is 0 Å². The van der Waals surface area contributed by atoms with Crippen LogP contribution < -0.4 is 5.73 Å². The average molecular weight is 194 g/mol. The third-order valence-corrected chi connectivity index (χ3v) is 1.76. The van der Waals surface area contributed by atoms with Crippen molar-refractivity contribution in [2.75, 3.05) is 0 Å². The summed E-state index contributed by atoms with van der Waals surface area (Å²) in [6.07, 6.45) is 0. The highest BCUT2D eigenvalue weighted by Crippen LogP contribution is 2.15. The molecule has 0 saturated heterocycles. The van der Waals surface area contributed by atoms with Crippen molar-refractivity contribution in [2.45, 2.75) is 6.54 Å². The first-order chi connectivity index (χ1) is 6.60. The Morgan fingerprint density at radius 2 is 2.29 bits per heavy atom. The van der Waals surface area contributed by atoms with Crippen LogP contribution in [0.4, 0.5) is 4.39 Å². The Labute approximate surface area is 79.4 Å². The van der Waals surface area contributed by atoms with E-state index in [-0.39, 0.29) is 23.2 Å². The summed E-state index contributed by atoms with van der Waals surface area (Å²) in [6.45, 7) is -0.0450. The molecule has 0 unspecified atom stereocenters. The van der Waals surface area contributed by atoms with Gasteiger partial charge in [-0.2, -0.15) is 5.26 Å². The summed E-state index contributed by atoms with van der Waals surface area (Å²) in [4.78, 5) is 10.6. The Balaban J connectivity index is 3.41. The van der Waals surface area contributed by atoms with Gasteiger partial charge in [0, 0.05) is 6.54 Å². The van der Waals surface area contributed by atoms with Crippen molar-refractivity contribution < 1.29 is 14.3 Å². The zero-order chi connectivity index (χ0) is 10.7. The van der Waals surface area contributed by atoms with Gasteiger partial charge in [-0.05, 0) is 17.7 Å². The molecule has 0 aliphatic rings. The van der Waals surface area contributed by atoms with Gasteiger partial charge in [0.05, 0.1) is 11.1 Å². The Morgan fingerprint density at radius 1 is 1.64 bits per heavy atom. The highest BCUT2D eigenvalue weighted by molar-refractivity contribution is 5.89. The maximum Gasteiger partial charge on any atom is 0.336 e. The summed E-state index contributed by atoms with van der Waals surface area (Å²) in [5, 5.41) is 17.2. The molecule has 0 radical (unpaired) electrons. The third-order valence-electron chi connectivity index (χ3n) is 1.76. The van der Waals surface area contributed by atoms with Crippen molar-refractivity contribution in [3.8, 4) is 6.07 Å². The second-order valence-electron chi connectivity index (χ2n) is 2.61. The van der Waals surface area contributed by atoms with Crippen LogP contribution in [0.15, 0.2) is 12.1 Å². The SMILES string of the molecule is N#Cc1cc(CN)c(C(=O)O)cc1F. The maximum atomic E-state index is 13.0. The zero-order valence-electron chi connectivity index (χ0n) is 7.12. The van der Waals surface area contributed by atoms with Gasteiger partial charge in [0.2, 0.25) is 0 Å². The molecule has 0 amide bonds. The lowest BCUT2D eigenvalue weighted by Crippen LogP contribution is -2.08. The molecule has 0 aromatic heterocycles. The summed E-state index contributed by atoms with van der Waals surface area (Å²) in [5.41, 5.74) is 5.11. The van der Waals surface area contributed by atoms with Gasteiger partial charge in [-0.15, -0.1) is 0 Å². The topological polar surface area (TPSA) is 87.1 Å². The third kappa shape index (κ3) is 1.70. The molecule has 1 aromatic rings. The molecule has 72 valence electrons. The Hall–Kier alpha value is -1.93. The molecule has 0 bridgehead atoms. The van der Waals surface area contributed by atoms with E-state index in [0.717, 1.165) is 12.1 Å². The molecule has 1 rings (SSSR count). The average Bonchev–Trinajstić information content (AvgIpc) is 2.17. The number of carbonyl (C=O) groups is 1. The van der Waals surface area contributed by atoms with E-state index in [2.05, 4.69) is 0 Å². The van der Waals surface area contributed by atoms with Crippen LogP contribution >= 0.6 is 0 Å². The fourth-order valence-corrected chi connectivity index (χ4v) is 1.07. The molecule has 14 heavy (non-hydrogen) atoms. The highest BCUT2D eigenvalue weighted by Gasteiger charge is 2.13. The van der Waals surface area contributed by atoms with Crippen molar-refractivity contribution in [1.29, 1.82) is 5.26 Å². The number of aromatic carboxylic acids is 1. The van der Waals surface area contributed by atoms with Crippen LogP contribution in [0.2, 0.25) is 0 Å². The van der Waals surface area contributed by atoms with E-state index in [4.69, 9.17) is 16.1 Å². The van der Waals surface area contributed by atoms with Crippen LogP contribution in [0, 0.1) is 17.1 Å². The Kier molecular flexibility index (Phi) is 2.79. The van der Waals surface area contributed by atoms with Gasteiger partial charge < -0.3 is 10.8 Å². The minimum atomic E-state index is -1.26. The van der Waals surface area contributed by atoms with E-state index in [0.29, 0.717) is 0 Å². The molecular formula is C9H7FN2O2. The molecule has 0 heterocycles. The number of hydrogen-bond donors (Lipinski definition) is 2. The number of carboxylic acid groups (broad SMARTS) is 1. The zero-order valence-corrected chi connectivity index (χ0v) is 7.12. The molecule has 0 aliphatic heterocycles. The number of rotatable bonds is 2. The number of nitriles is 1. The fraction of sp³-hybridized carbons (Fsp3) is 0.111. The minimum Gasteiger partial charge on any atom is -0.478 e. The van der Waals surface area contributed by atoms with Gasteiger partial charge >= 0.3 is 5.97 Å². The van der Waals surface area contributed by atoms with E-state index < -0.39 is 11.8 Å². The second kappa shape index (κ2) is 3.85. The number of carboxylic acids is 1. The van der Waals surface area contributed by atoms with Crippen molar-refractivity contribution in [1.82, 2.24) is 0 Å². The standard InChI is InChI=1S/C9H7FN2O2/c10-8-2-7(9(13)14)5(3-11)1-6(8)4-12/h1-2H,3,11H2,(H,13,14). The highest BCUT2D eigenvalue weighted by atomic mass is 19.1. The predicted octanol–water partition coefficient (Wildman–Crippen LogP) is 0.854. The molecule has 0 fully saturated rings. The van der Waals surface area contributed by atoms with Gasteiger partial charge in [-0.1, -0.05) is 0 Å². The predicted molar refractivity (Wildman–Crippen MR) is 46.0 cm³/mol. The Bertz CT molecular complexity index is 424. The summed E-state index contributed by atoms with van der Waals surface area (Å²) >= 11 is 0. The van der Waals surface area contributed by atoms with Crippen molar-refractivity contribution in [3.05, 3.63) is 34.6 Å². The lowest BCUT2D eigenvalue weighted by molar-refractivity contribution is 0.0695. The van der Waals surface area contributed by atoms with E-state index >= 15 is 0 Å². The van der Waals surface area contributed by atoms with E-state index in [9.17, 15) is 9.18 Å². The number of nitrogens with zero attached hydrogens (tertiary/aromatic N) is 1. The number of nitrogens with two attached hydrogens (primary N) is 1. The number of hydrogen-bond acceptors (Lipinski definition) is 3. The largest absolute Gasteiger partial charge is 0.478 e. The maximum absolute atomic E-state index is 13.0. The fourth-order valence-electron chi connectivity index (χ4n) is 1.07. The first-order valence-electron chi connectivity index (χ1n) is 3.76. The van der Waals surface area contributed by atoms with E-state index in [1.54, 1.807) is 6.07 Å². The Morgan fingerprint density at radius 3 is 2.71 bits per heavy atom.